The van der Waals surface area contributed by atoms with Crippen molar-refractivity contribution in [2.45, 2.75) is 12.7 Å². The molecule has 0 bridgehead atoms. The van der Waals surface area contributed by atoms with Crippen LogP contribution in [0.3, 0.4) is 0 Å². The maximum absolute atomic E-state index is 5.67. The molecule has 15 heavy (non-hydrogen) atoms. The summed E-state index contributed by atoms with van der Waals surface area (Å²) >= 11 is 0. The maximum Gasteiger partial charge on any atom is 0.0949 e. The Kier molecular flexibility index (Phi) is 3.72. The molecule has 1 aliphatic rings. The van der Waals surface area contributed by atoms with Crippen molar-refractivity contribution in [2.75, 3.05) is 26.8 Å². The Bertz CT molecular complexity index is 291. The molecule has 0 radical (unpaired) electrons. The Labute approximate surface area is 90.4 Å². The van der Waals surface area contributed by atoms with E-state index in [2.05, 4.69) is 29.6 Å². The monoisotopic (exact) mass is 207 g/mol. The number of nitrogens with one attached hydrogen (secondary N) is 1. The van der Waals surface area contributed by atoms with Crippen LogP contribution in [0.25, 0.3) is 0 Å². The second-order valence-corrected chi connectivity index (χ2v) is 3.74. The normalized spacial score (nSPS) is 21.5. The number of morpholine rings is 1. The number of hydrogen-bond acceptors (Lipinski definition) is 3. The number of methoxy groups -OCH3 is 1. The quantitative estimate of drug-likeness (QED) is 0.814. The lowest BCUT2D eigenvalue weighted by atomic mass is 10.1. The van der Waals surface area contributed by atoms with Crippen LogP contribution in [0.1, 0.15) is 17.2 Å². The van der Waals surface area contributed by atoms with Crippen molar-refractivity contribution in [1.82, 2.24) is 5.32 Å². The molecule has 1 unspecified atom stereocenters. The highest BCUT2D eigenvalue weighted by Gasteiger charge is 2.14. The lowest BCUT2D eigenvalue weighted by Gasteiger charge is -2.24. The van der Waals surface area contributed by atoms with E-state index < -0.39 is 0 Å². The molecule has 1 N–H and O–H groups in total. The number of ether oxygens (including phenoxy) is 2. The average molecular weight is 207 g/mol. The molecule has 1 heterocycles. The molecule has 3 nitrogen and oxygen atoms in total. The summed E-state index contributed by atoms with van der Waals surface area (Å²) in [6, 6.07) is 8.42. The molecule has 1 saturated heterocycles. The van der Waals surface area contributed by atoms with Gasteiger partial charge in [-0.15, -0.1) is 0 Å². The first-order valence-corrected chi connectivity index (χ1v) is 5.30. The average Bonchev–Trinajstić information content (AvgIpc) is 2.32. The van der Waals surface area contributed by atoms with Gasteiger partial charge in [-0.25, -0.2) is 0 Å². The van der Waals surface area contributed by atoms with Gasteiger partial charge in [0, 0.05) is 20.2 Å². The molecule has 1 fully saturated rings. The van der Waals surface area contributed by atoms with E-state index in [4.69, 9.17) is 9.47 Å². The van der Waals surface area contributed by atoms with E-state index >= 15 is 0 Å². The van der Waals surface area contributed by atoms with Gasteiger partial charge in [0.2, 0.25) is 0 Å². The highest BCUT2D eigenvalue weighted by Crippen LogP contribution is 2.19. The van der Waals surface area contributed by atoms with Gasteiger partial charge in [0.15, 0.2) is 0 Å². The van der Waals surface area contributed by atoms with Crippen molar-refractivity contribution in [3.05, 3.63) is 35.4 Å². The summed E-state index contributed by atoms with van der Waals surface area (Å²) in [6.07, 6.45) is 0.204. The van der Waals surface area contributed by atoms with Gasteiger partial charge < -0.3 is 14.8 Å². The van der Waals surface area contributed by atoms with Crippen molar-refractivity contribution >= 4 is 0 Å². The zero-order chi connectivity index (χ0) is 10.5. The minimum atomic E-state index is 0.204. The largest absolute Gasteiger partial charge is 0.380 e. The highest BCUT2D eigenvalue weighted by molar-refractivity contribution is 5.24. The van der Waals surface area contributed by atoms with Gasteiger partial charge in [-0.05, 0) is 11.1 Å². The fraction of sp³-hybridized carbons (Fsp3) is 0.500. The van der Waals surface area contributed by atoms with Gasteiger partial charge in [-0.1, -0.05) is 24.3 Å². The maximum atomic E-state index is 5.67. The Morgan fingerprint density at radius 1 is 1.40 bits per heavy atom. The number of hydrogen-bond donors (Lipinski definition) is 1. The van der Waals surface area contributed by atoms with E-state index in [0.29, 0.717) is 6.61 Å². The third-order valence-corrected chi connectivity index (χ3v) is 2.59. The molecule has 1 aromatic carbocycles. The fourth-order valence-corrected chi connectivity index (χ4v) is 1.77. The third kappa shape index (κ3) is 2.78. The van der Waals surface area contributed by atoms with E-state index in [1.165, 1.54) is 11.1 Å². The molecule has 1 aromatic rings. The van der Waals surface area contributed by atoms with Gasteiger partial charge in [-0.2, -0.15) is 0 Å². The molecule has 3 heteroatoms. The Morgan fingerprint density at radius 3 is 2.80 bits per heavy atom. The molecule has 0 aromatic heterocycles. The molecule has 0 amide bonds. The van der Waals surface area contributed by atoms with Crippen LogP contribution in [0.5, 0.6) is 0 Å². The van der Waals surface area contributed by atoms with E-state index in [-0.39, 0.29) is 6.10 Å². The summed E-state index contributed by atoms with van der Waals surface area (Å²) in [5, 5.41) is 3.32. The Balaban J connectivity index is 2.02. The third-order valence-electron chi connectivity index (χ3n) is 2.59. The number of rotatable bonds is 3. The summed E-state index contributed by atoms with van der Waals surface area (Å²) in [5.41, 5.74) is 2.44. The van der Waals surface area contributed by atoms with Crippen molar-refractivity contribution in [3.63, 3.8) is 0 Å². The molecule has 82 valence electrons. The van der Waals surface area contributed by atoms with E-state index in [9.17, 15) is 0 Å². The van der Waals surface area contributed by atoms with Crippen LogP contribution >= 0.6 is 0 Å². The lowest BCUT2D eigenvalue weighted by molar-refractivity contribution is 0.0277. The van der Waals surface area contributed by atoms with Crippen LogP contribution < -0.4 is 5.32 Å². The Morgan fingerprint density at radius 2 is 2.20 bits per heavy atom. The van der Waals surface area contributed by atoms with Gasteiger partial charge in [0.25, 0.3) is 0 Å². The van der Waals surface area contributed by atoms with Gasteiger partial charge >= 0.3 is 0 Å². The van der Waals surface area contributed by atoms with Gasteiger partial charge in [0.05, 0.1) is 19.3 Å². The van der Waals surface area contributed by atoms with Crippen LogP contribution in [0.4, 0.5) is 0 Å². The smallest absolute Gasteiger partial charge is 0.0949 e. The molecule has 0 saturated carbocycles. The minimum Gasteiger partial charge on any atom is -0.380 e. The van der Waals surface area contributed by atoms with Crippen molar-refractivity contribution in [1.29, 1.82) is 0 Å². The minimum absolute atomic E-state index is 0.204. The van der Waals surface area contributed by atoms with Crippen LogP contribution in [-0.2, 0) is 16.1 Å². The first kappa shape index (κ1) is 10.6. The van der Waals surface area contributed by atoms with Crippen molar-refractivity contribution in [2.24, 2.45) is 0 Å². The van der Waals surface area contributed by atoms with Crippen molar-refractivity contribution < 1.29 is 9.47 Å². The van der Waals surface area contributed by atoms with Gasteiger partial charge in [-0.3, -0.25) is 0 Å². The summed E-state index contributed by atoms with van der Waals surface area (Å²) in [6.45, 7) is 3.33. The standard InChI is InChI=1S/C12H17NO2/c1-14-9-10-2-4-11(5-3-10)12-8-13-6-7-15-12/h2-5,12-13H,6-9H2,1H3. The molecule has 1 atom stereocenters. The van der Waals surface area contributed by atoms with Crippen LogP contribution in [0.2, 0.25) is 0 Å². The SMILES string of the molecule is COCc1ccc(C2CNCCO2)cc1. The molecular weight excluding hydrogens is 190 g/mol. The highest BCUT2D eigenvalue weighted by atomic mass is 16.5. The predicted molar refractivity (Wildman–Crippen MR) is 58.7 cm³/mol. The van der Waals surface area contributed by atoms with Gasteiger partial charge in [0.1, 0.15) is 0 Å². The van der Waals surface area contributed by atoms with E-state index in [0.717, 1.165) is 19.7 Å². The lowest BCUT2D eigenvalue weighted by Crippen LogP contribution is -2.33. The zero-order valence-electron chi connectivity index (χ0n) is 9.03. The second-order valence-electron chi connectivity index (χ2n) is 3.74. The Hall–Kier alpha value is -0.900. The first-order valence-electron chi connectivity index (χ1n) is 5.30. The van der Waals surface area contributed by atoms with Crippen molar-refractivity contribution in [3.8, 4) is 0 Å². The summed E-state index contributed by atoms with van der Waals surface area (Å²) < 4.78 is 10.7. The second kappa shape index (κ2) is 5.26. The number of benzene rings is 1. The predicted octanol–water partition coefficient (Wildman–Crippen LogP) is 1.49. The summed E-state index contributed by atoms with van der Waals surface area (Å²) in [7, 11) is 1.71. The molecule has 1 aliphatic heterocycles. The van der Waals surface area contributed by atoms with E-state index in [1.807, 2.05) is 0 Å². The first-order chi connectivity index (χ1) is 7.40. The summed E-state index contributed by atoms with van der Waals surface area (Å²) in [4.78, 5) is 0. The molecule has 0 spiro atoms. The molecule has 2 rings (SSSR count). The molecule has 0 aliphatic carbocycles. The van der Waals surface area contributed by atoms with Crippen LogP contribution in [0.15, 0.2) is 24.3 Å². The van der Waals surface area contributed by atoms with E-state index in [1.54, 1.807) is 7.11 Å². The molecular formula is C12H17NO2. The zero-order valence-corrected chi connectivity index (χ0v) is 9.03. The topological polar surface area (TPSA) is 30.5 Å². The fourth-order valence-electron chi connectivity index (χ4n) is 1.77. The van der Waals surface area contributed by atoms with Crippen LogP contribution in [0, 0.1) is 0 Å². The summed E-state index contributed by atoms with van der Waals surface area (Å²) in [5.74, 6) is 0. The van der Waals surface area contributed by atoms with Crippen LogP contribution in [-0.4, -0.2) is 26.8 Å².